The molecular formula is C16H19ClN4O2. The first-order valence-electron chi connectivity index (χ1n) is 7.15. The van der Waals surface area contributed by atoms with Crippen molar-refractivity contribution in [3.8, 4) is 11.8 Å². The molecule has 0 bridgehead atoms. The van der Waals surface area contributed by atoms with Crippen LogP contribution in [0.3, 0.4) is 0 Å². The summed E-state index contributed by atoms with van der Waals surface area (Å²) in [6.07, 6.45) is 5.39. The van der Waals surface area contributed by atoms with E-state index in [2.05, 4.69) is 22.6 Å². The number of ether oxygens (including phenoxy) is 1. The van der Waals surface area contributed by atoms with Gasteiger partial charge in [-0.2, -0.15) is 10.4 Å². The van der Waals surface area contributed by atoms with E-state index in [1.807, 2.05) is 6.07 Å². The molecule has 7 heteroatoms. The van der Waals surface area contributed by atoms with E-state index in [0.29, 0.717) is 11.3 Å². The Kier molecular flexibility index (Phi) is 4.95. The molecule has 0 atom stereocenters. The van der Waals surface area contributed by atoms with Gasteiger partial charge in [-0.15, -0.1) is 12.4 Å². The average molecular weight is 335 g/mol. The SMILES string of the molecule is CC(C)(O)COc1cc(C2=CCNC2)c2c(C#N)cnn2c1.Cl. The van der Waals surface area contributed by atoms with Crippen LogP contribution in [0, 0.1) is 11.3 Å². The Balaban J connectivity index is 0.00000192. The fourth-order valence-corrected chi connectivity index (χ4v) is 2.44. The number of hydrogen-bond donors (Lipinski definition) is 2. The molecule has 0 saturated heterocycles. The van der Waals surface area contributed by atoms with E-state index in [9.17, 15) is 10.4 Å². The molecule has 3 heterocycles. The van der Waals surface area contributed by atoms with Crippen LogP contribution >= 0.6 is 12.4 Å². The number of aromatic nitrogens is 2. The Morgan fingerprint density at radius 3 is 2.91 bits per heavy atom. The van der Waals surface area contributed by atoms with Crippen LogP contribution in [0.15, 0.2) is 24.5 Å². The van der Waals surface area contributed by atoms with Crippen molar-refractivity contribution in [1.82, 2.24) is 14.9 Å². The molecule has 0 amide bonds. The quantitative estimate of drug-likeness (QED) is 0.890. The van der Waals surface area contributed by atoms with Crippen molar-refractivity contribution in [2.45, 2.75) is 19.4 Å². The zero-order valence-electron chi connectivity index (χ0n) is 13.0. The monoisotopic (exact) mass is 334 g/mol. The highest BCUT2D eigenvalue weighted by Crippen LogP contribution is 2.28. The van der Waals surface area contributed by atoms with Crippen molar-refractivity contribution in [1.29, 1.82) is 5.26 Å². The van der Waals surface area contributed by atoms with Crippen LogP contribution < -0.4 is 10.1 Å². The number of nitriles is 1. The van der Waals surface area contributed by atoms with Gasteiger partial charge in [0.15, 0.2) is 0 Å². The third kappa shape index (κ3) is 3.64. The lowest BCUT2D eigenvalue weighted by Gasteiger charge is -2.18. The second-order valence-electron chi connectivity index (χ2n) is 6.01. The minimum Gasteiger partial charge on any atom is -0.489 e. The van der Waals surface area contributed by atoms with Crippen LogP contribution in [0.5, 0.6) is 5.75 Å². The third-order valence-corrected chi connectivity index (χ3v) is 3.45. The number of nitrogens with one attached hydrogen (secondary N) is 1. The molecule has 1 aliphatic rings. The summed E-state index contributed by atoms with van der Waals surface area (Å²) in [7, 11) is 0. The molecule has 2 aromatic heterocycles. The largest absolute Gasteiger partial charge is 0.489 e. The highest BCUT2D eigenvalue weighted by molar-refractivity contribution is 5.85. The molecule has 23 heavy (non-hydrogen) atoms. The van der Waals surface area contributed by atoms with Crippen LogP contribution in [0.25, 0.3) is 11.1 Å². The van der Waals surface area contributed by atoms with Gasteiger partial charge in [-0.1, -0.05) is 6.08 Å². The molecule has 0 radical (unpaired) electrons. The second-order valence-corrected chi connectivity index (χ2v) is 6.01. The van der Waals surface area contributed by atoms with Gasteiger partial charge < -0.3 is 15.2 Å². The van der Waals surface area contributed by atoms with Crippen molar-refractivity contribution < 1.29 is 9.84 Å². The zero-order valence-corrected chi connectivity index (χ0v) is 13.9. The number of halogens is 1. The topological polar surface area (TPSA) is 82.6 Å². The fraction of sp³-hybridized carbons (Fsp3) is 0.375. The molecular weight excluding hydrogens is 316 g/mol. The van der Waals surface area contributed by atoms with Crippen LogP contribution in [0.2, 0.25) is 0 Å². The van der Waals surface area contributed by atoms with E-state index < -0.39 is 5.60 Å². The molecule has 0 unspecified atom stereocenters. The lowest BCUT2D eigenvalue weighted by molar-refractivity contribution is 0.0283. The van der Waals surface area contributed by atoms with Gasteiger partial charge >= 0.3 is 0 Å². The van der Waals surface area contributed by atoms with Crippen molar-refractivity contribution >= 4 is 23.5 Å². The average Bonchev–Trinajstić information content (AvgIpc) is 3.12. The first-order chi connectivity index (χ1) is 10.5. The lowest BCUT2D eigenvalue weighted by Crippen LogP contribution is -2.28. The van der Waals surface area contributed by atoms with Gasteiger partial charge in [-0.25, -0.2) is 4.52 Å². The molecule has 0 fully saturated rings. The smallest absolute Gasteiger partial charge is 0.138 e. The molecule has 0 spiro atoms. The minimum absolute atomic E-state index is 0. The minimum atomic E-state index is -0.911. The van der Waals surface area contributed by atoms with Crippen molar-refractivity contribution in [2.24, 2.45) is 0 Å². The molecule has 0 aliphatic carbocycles. The Hall–Kier alpha value is -2.07. The number of aliphatic hydroxyl groups is 1. The molecule has 3 rings (SSSR count). The predicted molar refractivity (Wildman–Crippen MR) is 89.8 cm³/mol. The van der Waals surface area contributed by atoms with Gasteiger partial charge in [0, 0.05) is 18.7 Å². The predicted octanol–water partition coefficient (Wildman–Crippen LogP) is 1.76. The van der Waals surface area contributed by atoms with Crippen LogP contribution in [0.4, 0.5) is 0 Å². The Morgan fingerprint density at radius 1 is 1.52 bits per heavy atom. The van der Waals surface area contributed by atoms with Gasteiger partial charge in [0.1, 0.15) is 18.4 Å². The van der Waals surface area contributed by atoms with Gasteiger partial charge in [-0.3, -0.25) is 0 Å². The maximum atomic E-state index is 9.80. The normalized spacial score (nSPS) is 14.3. The van der Waals surface area contributed by atoms with Gasteiger partial charge in [-0.05, 0) is 25.5 Å². The standard InChI is InChI=1S/C16H18N4O2.ClH/c1-16(2,21)10-22-13-5-14(11-3-4-18-7-11)15-12(6-17)8-19-20(15)9-13;/h3,5,8-9,18,21H,4,7,10H2,1-2H3;1H. The Labute approximate surface area is 140 Å². The van der Waals surface area contributed by atoms with Crippen molar-refractivity contribution in [3.05, 3.63) is 35.7 Å². The number of hydrogen-bond acceptors (Lipinski definition) is 5. The molecule has 2 aromatic rings. The van der Waals surface area contributed by atoms with E-state index >= 15 is 0 Å². The highest BCUT2D eigenvalue weighted by atomic mass is 35.5. The number of rotatable bonds is 4. The summed E-state index contributed by atoms with van der Waals surface area (Å²) >= 11 is 0. The Bertz CT molecular complexity index is 784. The summed E-state index contributed by atoms with van der Waals surface area (Å²) in [6.45, 7) is 5.13. The molecule has 0 aromatic carbocycles. The van der Waals surface area contributed by atoms with E-state index in [1.54, 1.807) is 30.8 Å². The van der Waals surface area contributed by atoms with E-state index in [4.69, 9.17) is 4.74 Å². The summed E-state index contributed by atoms with van der Waals surface area (Å²) in [4.78, 5) is 0. The van der Waals surface area contributed by atoms with E-state index in [0.717, 1.165) is 29.7 Å². The zero-order chi connectivity index (χ0) is 15.7. The summed E-state index contributed by atoms with van der Waals surface area (Å²) in [5, 5.41) is 26.6. The van der Waals surface area contributed by atoms with Crippen molar-refractivity contribution in [3.63, 3.8) is 0 Å². The van der Waals surface area contributed by atoms with Crippen LogP contribution in [-0.4, -0.2) is 40.0 Å². The molecule has 0 saturated carbocycles. The van der Waals surface area contributed by atoms with Gasteiger partial charge in [0.05, 0.1) is 29.1 Å². The first kappa shape index (κ1) is 17.3. The maximum Gasteiger partial charge on any atom is 0.138 e. The number of pyridine rings is 1. The van der Waals surface area contributed by atoms with E-state index in [-0.39, 0.29) is 19.0 Å². The van der Waals surface area contributed by atoms with Crippen LogP contribution in [-0.2, 0) is 0 Å². The second kappa shape index (κ2) is 6.59. The van der Waals surface area contributed by atoms with Gasteiger partial charge in [0.25, 0.3) is 0 Å². The summed E-state index contributed by atoms with van der Waals surface area (Å²) in [5.74, 6) is 0.616. The summed E-state index contributed by atoms with van der Waals surface area (Å²) in [6, 6.07) is 4.08. The van der Waals surface area contributed by atoms with Crippen molar-refractivity contribution in [2.75, 3.05) is 19.7 Å². The molecule has 2 N–H and O–H groups in total. The maximum absolute atomic E-state index is 9.80. The Morgan fingerprint density at radius 2 is 2.30 bits per heavy atom. The van der Waals surface area contributed by atoms with E-state index in [1.165, 1.54) is 0 Å². The molecule has 122 valence electrons. The number of nitrogens with zero attached hydrogens (tertiary/aromatic N) is 3. The number of fused-ring (bicyclic) bond motifs is 1. The molecule has 1 aliphatic heterocycles. The third-order valence-electron chi connectivity index (χ3n) is 3.45. The molecule has 6 nitrogen and oxygen atoms in total. The summed E-state index contributed by atoms with van der Waals surface area (Å²) < 4.78 is 7.34. The fourth-order valence-electron chi connectivity index (χ4n) is 2.44. The lowest BCUT2D eigenvalue weighted by atomic mass is 10.0. The highest BCUT2D eigenvalue weighted by Gasteiger charge is 2.18. The summed E-state index contributed by atoms with van der Waals surface area (Å²) in [5.41, 5.74) is 2.47. The van der Waals surface area contributed by atoms with Crippen LogP contribution in [0.1, 0.15) is 25.0 Å². The first-order valence-corrected chi connectivity index (χ1v) is 7.15. The van der Waals surface area contributed by atoms with Gasteiger partial charge in [0.2, 0.25) is 0 Å².